The lowest BCUT2D eigenvalue weighted by Crippen LogP contribution is -2.62. The molecule has 1 N–H and O–H groups in total. The number of nitrogens with one attached hydrogen (secondary N) is 1. The molecule has 0 radical (unpaired) electrons. The molecule has 108 valence electrons. The smallest absolute Gasteiger partial charge is 0.0589 e. The number of piperazine rings is 1. The summed E-state index contributed by atoms with van der Waals surface area (Å²) >= 11 is 0. The molecule has 0 amide bonds. The second-order valence-corrected chi connectivity index (χ2v) is 6.77. The predicted molar refractivity (Wildman–Crippen MR) is 77.9 cm³/mol. The Labute approximate surface area is 113 Å². The third-order valence-electron chi connectivity index (χ3n) is 4.39. The van der Waals surface area contributed by atoms with Gasteiger partial charge in [0.15, 0.2) is 0 Å². The summed E-state index contributed by atoms with van der Waals surface area (Å²) < 4.78 is 5.27. The average Bonchev–Trinajstić information content (AvgIpc) is 2.34. The maximum Gasteiger partial charge on any atom is 0.0589 e. The van der Waals surface area contributed by atoms with Crippen molar-refractivity contribution in [1.82, 2.24) is 10.2 Å². The van der Waals surface area contributed by atoms with E-state index < -0.39 is 0 Å². The van der Waals surface area contributed by atoms with Gasteiger partial charge >= 0.3 is 0 Å². The van der Waals surface area contributed by atoms with Gasteiger partial charge in [0.05, 0.1) is 6.61 Å². The summed E-state index contributed by atoms with van der Waals surface area (Å²) in [4.78, 5) is 2.63. The van der Waals surface area contributed by atoms with Crippen LogP contribution in [0.3, 0.4) is 0 Å². The van der Waals surface area contributed by atoms with Gasteiger partial charge in [-0.3, -0.25) is 4.90 Å². The first-order valence-corrected chi connectivity index (χ1v) is 7.36. The van der Waals surface area contributed by atoms with Gasteiger partial charge in [0, 0.05) is 38.8 Å². The zero-order valence-corrected chi connectivity index (χ0v) is 13.1. The molecular formula is C15H32N2O. The Hall–Kier alpha value is -0.120. The van der Waals surface area contributed by atoms with E-state index in [1.807, 2.05) is 0 Å². The van der Waals surface area contributed by atoms with Crippen LogP contribution in [0.5, 0.6) is 0 Å². The number of ether oxygens (including phenoxy) is 1. The van der Waals surface area contributed by atoms with E-state index in [1.165, 1.54) is 6.42 Å². The lowest BCUT2D eigenvalue weighted by Gasteiger charge is -2.47. The van der Waals surface area contributed by atoms with Crippen LogP contribution >= 0.6 is 0 Å². The summed E-state index contributed by atoms with van der Waals surface area (Å²) in [6, 6.07) is 1.23. The zero-order chi connectivity index (χ0) is 13.8. The van der Waals surface area contributed by atoms with Crippen molar-refractivity contribution < 1.29 is 4.74 Å². The molecule has 0 aliphatic carbocycles. The minimum absolute atomic E-state index is 0.325. The minimum Gasteiger partial charge on any atom is -0.383 e. The second-order valence-electron chi connectivity index (χ2n) is 6.77. The van der Waals surface area contributed by atoms with Crippen LogP contribution in [-0.4, -0.2) is 50.3 Å². The van der Waals surface area contributed by atoms with Crippen LogP contribution in [0.1, 0.15) is 41.0 Å². The number of methoxy groups -OCH3 is 1. The first-order chi connectivity index (χ1) is 8.40. The van der Waals surface area contributed by atoms with Crippen molar-refractivity contribution in [1.29, 1.82) is 0 Å². The largest absolute Gasteiger partial charge is 0.383 e. The standard InChI is InChI=1S/C15H32N2O/c1-7-12(2)13-10-16-14(15(3,4)5)11-17(13)8-9-18-6/h12-14,16H,7-11H2,1-6H3. The summed E-state index contributed by atoms with van der Waals surface area (Å²) in [5, 5.41) is 3.75. The topological polar surface area (TPSA) is 24.5 Å². The van der Waals surface area contributed by atoms with Gasteiger partial charge in [-0.05, 0) is 11.3 Å². The lowest BCUT2D eigenvalue weighted by molar-refractivity contribution is 0.0377. The molecule has 0 spiro atoms. The Morgan fingerprint density at radius 2 is 2.06 bits per heavy atom. The van der Waals surface area contributed by atoms with Crippen molar-refractivity contribution >= 4 is 0 Å². The van der Waals surface area contributed by atoms with E-state index in [1.54, 1.807) is 7.11 Å². The van der Waals surface area contributed by atoms with Crippen molar-refractivity contribution in [3.63, 3.8) is 0 Å². The SMILES string of the molecule is CCC(C)C1CNC(C(C)(C)C)CN1CCOC. The summed E-state index contributed by atoms with van der Waals surface area (Å²) in [5.74, 6) is 0.746. The van der Waals surface area contributed by atoms with E-state index in [4.69, 9.17) is 4.74 Å². The molecule has 0 aromatic rings. The fourth-order valence-electron chi connectivity index (χ4n) is 2.71. The highest BCUT2D eigenvalue weighted by Gasteiger charge is 2.35. The molecule has 1 saturated heterocycles. The Morgan fingerprint density at radius 1 is 1.39 bits per heavy atom. The highest BCUT2D eigenvalue weighted by molar-refractivity contribution is 4.93. The Balaban J connectivity index is 2.66. The lowest BCUT2D eigenvalue weighted by atomic mass is 9.83. The van der Waals surface area contributed by atoms with E-state index in [9.17, 15) is 0 Å². The molecule has 1 heterocycles. The molecule has 0 saturated carbocycles. The van der Waals surface area contributed by atoms with Crippen LogP contribution in [0.2, 0.25) is 0 Å². The molecule has 3 unspecified atom stereocenters. The van der Waals surface area contributed by atoms with Crippen LogP contribution in [-0.2, 0) is 4.74 Å². The van der Waals surface area contributed by atoms with Crippen LogP contribution in [0.15, 0.2) is 0 Å². The Bertz CT molecular complexity index is 237. The fraction of sp³-hybridized carbons (Fsp3) is 1.00. The second kappa shape index (κ2) is 6.88. The summed E-state index contributed by atoms with van der Waals surface area (Å²) in [6.45, 7) is 15.8. The molecule has 1 fully saturated rings. The molecule has 3 atom stereocenters. The van der Waals surface area contributed by atoms with Crippen molar-refractivity contribution in [3.05, 3.63) is 0 Å². The first kappa shape index (κ1) is 15.9. The van der Waals surface area contributed by atoms with E-state index >= 15 is 0 Å². The molecule has 1 aliphatic rings. The maximum absolute atomic E-state index is 5.27. The van der Waals surface area contributed by atoms with Crippen molar-refractivity contribution in [2.45, 2.75) is 53.1 Å². The molecule has 18 heavy (non-hydrogen) atoms. The van der Waals surface area contributed by atoms with Gasteiger partial charge in [-0.1, -0.05) is 41.0 Å². The van der Waals surface area contributed by atoms with Gasteiger partial charge in [-0.25, -0.2) is 0 Å². The predicted octanol–water partition coefficient (Wildman–Crippen LogP) is 2.37. The van der Waals surface area contributed by atoms with Crippen LogP contribution in [0, 0.1) is 11.3 Å². The molecule has 1 rings (SSSR count). The van der Waals surface area contributed by atoms with Crippen LogP contribution in [0.4, 0.5) is 0 Å². The Morgan fingerprint density at radius 3 is 2.56 bits per heavy atom. The molecule has 0 aromatic heterocycles. The molecule has 0 aromatic carbocycles. The van der Waals surface area contributed by atoms with Gasteiger partial charge in [0.2, 0.25) is 0 Å². The zero-order valence-electron chi connectivity index (χ0n) is 13.1. The van der Waals surface area contributed by atoms with E-state index in [0.717, 1.165) is 32.2 Å². The van der Waals surface area contributed by atoms with Gasteiger partial charge in [-0.15, -0.1) is 0 Å². The first-order valence-electron chi connectivity index (χ1n) is 7.36. The van der Waals surface area contributed by atoms with E-state index in [-0.39, 0.29) is 0 Å². The van der Waals surface area contributed by atoms with Crippen LogP contribution in [0.25, 0.3) is 0 Å². The van der Waals surface area contributed by atoms with Crippen molar-refractivity contribution in [2.24, 2.45) is 11.3 Å². The van der Waals surface area contributed by atoms with E-state index in [0.29, 0.717) is 17.5 Å². The highest BCUT2D eigenvalue weighted by atomic mass is 16.5. The monoisotopic (exact) mass is 256 g/mol. The third-order valence-corrected chi connectivity index (χ3v) is 4.39. The van der Waals surface area contributed by atoms with Gasteiger partial charge in [0.1, 0.15) is 0 Å². The van der Waals surface area contributed by atoms with Gasteiger partial charge < -0.3 is 10.1 Å². The normalized spacial score (nSPS) is 28.3. The van der Waals surface area contributed by atoms with Crippen molar-refractivity contribution in [2.75, 3.05) is 33.4 Å². The molecule has 1 aliphatic heterocycles. The van der Waals surface area contributed by atoms with Crippen LogP contribution < -0.4 is 5.32 Å². The number of nitrogens with zero attached hydrogens (tertiary/aromatic N) is 1. The molecule has 3 nitrogen and oxygen atoms in total. The van der Waals surface area contributed by atoms with E-state index in [2.05, 4.69) is 44.8 Å². The average molecular weight is 256 g/mol. The summed E-state index contributed by atoms with van der Waals surface area (Å²) in [5.41, 5.74) is 0.325. The fourth-order valence-corrected chi connectivity index (χ4v) is 2.71. The maximum atomic E-state index is 5.27. The molecule has 0 bridgehead atoms. The summed E-state index contributed by atoms with van der Waals surface area (Å²) in [7, 11) is 1.79. The van der Waals surface area contributed by atoms with Gasteiger partial charge in [-0.2, -0.15) is 0 Å². The number of hydrogen-bond acceptors (Lipinski definition) is 3. The minimum atomic E-state index is 0.325. The summed E-state index contributed by atoms with van der Waals surface area (Å²) in [6.07, 6.45) is 1.25. The highest BCUT2D eigenvalue weighted by Crippen LogP contribution is 2.26. The molecule has 3 heteroatoms. The number of rotatable bonds is 5. The van der Waals surface area contributed by atoms with Gasteiger partial charge in [0.25, 0.3) is 0 Å². The number of hydrogen-bond donors (Lipinski definition) is 1. The quantitative estimate of drug-likeness (QED) is 0.817. The third kappa shape index (κ3) is 4.22. The van der Waals surface area contributed by atoms with Crippen molar-refractivity contribution in [3.8, 4) is 0 Å². The Kier molecular flexibility index (Phi) is 6.09. The molecular weight excluding hydrogens is 224 g/mol.